The van der Waals surface area contributed by atoms with Crippen molar-refractivity contribution in [2.24, 2.45) is 5.92 Å². The maximum absolute atomic E-state index is 13.5. The van der Waals surface area contributed by atoms with Gasteiger partial charge in [0, 0.05) is 48.8 Å². The van der Waals surface area contributed by atoms with Crippen molar-refractivity contribution in [1.29, 1.82) is 0 Å². The van der Waals surface area contributed by atoms with Gasteiger partial charge in [-0.25, -0.2) is 13.4 Å². The number of thiazole rings is 1. The third kappa shape index (κ3) is 11.4. The van der Waals surface area contributed by atoms with Crippen LogP contribution in [0.3, 0.4) is 0 Å². The molecule has 5 aromatic rings. The van der Waals surface area contributed by atoms with Gasteiger partial charge in [0.15, 0.2) is 5.13 Å². The van der Waals surface area contributed by atoms with Crippen molar-refractivity contribution < 1.29 is 51.5 Å². The summed E-state index contributed by atoms with van der Waals surface area (Å²) < 4.78 is 36.7. The van der Waals surface area contributed by atoms with Crippen molar-refractivity contribution in [2.75, 3.05) is 44.4 Å². The Labute approximate surface area is 395 Å². The van der Waals surface area contributed by atoms with Gasteiger partial charge in [-0.2, -0.15) is 0 Å². The van der Waals surface area contributed by atoms with Gasteiger partial charge < -0.3 is 25.4 Å². The molecule has 5 heterocycles. The van der Waals surface area contributed by atoms with E-state index in [2.05, 4.69) is 31.2 Å². The summed E-state index contributed by atoms with van der Waals surface area (Å²) in [4.78, 5) is 97.5. The molecular formula is C47H48N8O11S2. The Balaban J connectivity index is 0.765. The monoisotopic (exact) mass is 964 g/mol. The van der Waals surface area contributed by atoms with E-state index in [1.54, 1.807) is 6.07 Å². The third-order valence-electron chi connectivity index (χ3n) is 11.8. The number of amides is 7. The molecule has 2 fully saturated rings. The lowest BCUT2D eigenvalue weighted by Crippen LogP contribution is -2.54. The summed E-state index contributed by atoms with van der Waals surface area (Å²) in [6, 6.07) is 20.6. The van der Waals surface area contributed by atoms with E-state index in [4.69, 9.17) is 9.47 Å². The Bertz CT molecular complexity index is 2840. The molecule has 0 radical (unpaired) electrons. The Kier molecular flexibility index (Phi) is 14.5. The van der Waals surface area contributed by atoms with E-state index in [-0.39, 0.29) is 54.6 Å². The smallest absolute Gasteiger partial charge is 0.262 e. The highest BCUT2D eigenvalue weighted by atomic mass is 32.2. The first-order valence-corrected chi connectivity index (χ1v) is 24.6. The molecule has 2 aromatic heterocycles. The van der Waals surface area contributed by atoms with Crippen molar-refractivity contribution in [3.63, 3.8) is 0 Å². The van der Waals surface area contributed by atoms with Gasteiger partial charge in [0.25, 0.3) is 23.6 Å². The zero-order valence-corrected chi connectivity index (χ0v) is 38.5. The first-order valence-electron chi connectivity index (χ1n) is 21.9. The largest absolute Gasteiger partial charge is 0.492 e. The van der Waals surface area contributed by atoms with Gasteiger partial charge in [0.1, 0.15) is 24.4 Å². The standard InChI is InChI=1S/C47H48N8O11S2/c1-68(63,64)54-20-17-33(25-54)42(58)49-37(43(59)52-47-50-38(28-67-47)31-5-3-2-4-6-31)27-65-26-30-9-7-29(8-10-30)24-48-41(57)32-15-18-53(19-16-32)21-22-66-34-11-12-35-36(23-34)46(62)55(45(35)61)39-13-14-40(56)51-44(39)60/h2-12,17,20,23,25,28,32,37,39H,13-16,18-19,21-22,24,26-27H2,1H3,(H,48,57)(H,49,58)(H,50,52,59)(H,51,56,60). The fourth-order valence-corrected chi connectivity index (χ4v) is 9.35. The van der Waals surface area contributed by atoms with Crippen LogP contribution >= 0.6 is 11.3 Å². The summed E-state index contributed by atoms with van der Waals surface area (Å²) in [5.74, 6) is -3.30. The number of imide groups is 2. The molecule has 3 aromatic carbocycles. The predicted molar refractivity (Wildman–Crippen MR) is 248 cm³/mol. The van der Waals surface area contributed by atoms with Crippen molar-refractivity contribution in [3.8, 4) is 17.0 Å². The Morgan fingerprint density at radius 2 is 1.65 bits per heavy atom. The van der Waals surface area contributed by atoms with E-state index < -0.39 is 57.6 Å². The zero-order valence-electron chi connectivity index (χ0n) is 36.8. The van der Waals surface area contributed by atoms with Gasteiger partial charge >= 0.3 is 0 Å². The first-order chi connectivity index (χ1) is 32.7. The van der Waals surface area contributed by atoms with Crippen LogP contribution in [0.5, 0.6) is 5.75 Å². The predicted octanol–water partition coefficient (Wildman–Crippen LogP) is 3.18. The Morgan fingerprint density at radius 1 is 0.912 bits per heavy atom. The fraction of sp³-hybridized carbons (Fsp3) is 0.319. The number of fused-ring (bicyclic) bond motifs is 1. The molecule has 0 aliphatic carbocycles. The molecule has 8 rings (SSSR count). The van der Waals surface area contributed by atoms with Crippen LogP contribution in [-0.4, -0.2) is 120 Å². The number of anilines is 1. The number of aromatic nitrogens is 2. The van der Waals surface area contributed by atoms with Crippen LogP contribution < -0.4 is 26.0 Å². The Hall–Kier alpha value is -7.07. The average Bonchev–Trinajstić information content (AvgIpc) is 4.08. The minimum absolute atomic E-state index is 0.0368. The molecule has 21 heteroatoms. The maximum atomic E-state index is 13.5. The lowest BCUT2D eigenvalue weighted by molar-refractivity contribution is -0.136. The number of likely N-dealkylation sites (tertiary alicyclic amines) is 1. The van der Waals surface area contributed by atoms with Crippen LogP contribution in [0.1, 0.15) is 67.9 Å². The molecule has 68 heavy (non-hydrogen) atoms. The molecule has 2 unspecified atom stereocenters. The molecule has 0 spiro atoms. The van der Waals surface area contributed by atoms with Crippen LogP contribution in [0.25, 0.3) is 11.3 Å². The zero-order chi connectivity index (χ0) is 48.0. The van der Waals surface area contributed by atoms with Gasteiger partial charge in [-0.05, 0) is 67.7 Å². The average molecular weight is 965 g/mol. The third-order valence-corrected chi connectivity index (χ3v) is 13.6. The molecule has 3 aliphatic heterocycles. The van der Waals surface area contributed by atoms with Crippen LogP contribution in [-0.2, 0) is 47.1 Å². The second-order valence-electron chi connectivity index (χ2n) is 16.6. The van der Waals surface area contributed by atoms with E-state index in [1.165, 1.54) is 41.9 Å². The topological polar surface area (TPSA) is 245 Å². The fourth-order valence-electron chi connectivity index (χ4n) is 8.04. The minimum Gasteiger partial charge on any atom is -0.492 e. The van der Waals surface area contributed by atoms with Crippen molar-refractivity contribution >= 4 is 67.8 Å². The van der Waals surface area contributed by atoms with E-state index in [9.17, 15) is 42.0 Å². The number of hydrogen-bond donors (Lipinski definition) is 4. The van der Waals surface area contributed by atoms with Gasteiger partial charge in [-0.15, -0.1) is 11.3 Å². The molecule has 3 aliphatic rings. The van der Waals surface area contributed by atoms with Crippen molar-refractivity contribution in [3.05, 3.63) is 124 Å². The Morgan fingerprint density at radius 3 is 2.37 bits per heavy atom. The molecular weight excluding hydrogens is 917 g/mol. The lowest BCUT2D eigenvalue weighted by Gasteiger charge is -2.31. The van der Waals surface area contributed by atoms with Crippen molar-refractivity contribution in [2.45, 2.75) is 50.9 Å². The summed E-state index contributed by atoms with van der Waals surface area (Å²) in [7, 11) is -3.63. The first kappa shape index (κ1) is 47.4. The van der Waals surface area contributed by atoms with Crippen LogP contribution in [0.2, 0.25) is 0 Å². The van der Waals surface area contributed by atoms with Gasteiger partial charge in [0.05, 0.1) is 41.9 Å². The summed E-state index contributed by atoms with van der Waals surface area (Å²) >= 11 is 1.23. The normalized spacial score (nSPS) is 17.1. The van der Waals surface area contributed by atoms with Gasteiger partial charge in [-0.1, -0.05) is 54.6 Å². The van der Waals surface area contributed by atoms with Crippen LogP contribution in [0, 0.1) is 5.92 Å². The summed E-state index contributed by atoms with van der Waals surface area (Å²) in [5, 5.41) is 12.8. The second-order valence-corrected chi connectivity index (χ2v) is 19.3. The van der Waals surface area contributed by atoms with Gasteiger partial charge in [-0.3, -0.25) is 52.7 Å². The number of carbonyl (C=O) groups is 7. The number of ether oxygens (including phenoxy) is 2. The molecule has 7 amide bonds. The number of rotatable bonds is 18. The number of benzene rings is 3. The molecule has 2 saturated heterocycles. The SMILES string of the molecule is CS(=O)(=O)n1ccc(C(=O)NC(COCc2ccc(CNC(=O)C3CCN(CCOc4ccc5c(c4)C(=O)N(C4CCC(=O)NC4=O)C5=O)CC3)cc2)C(=O)Nc2nc(-c3ccccc3)cs2)c1. The molecule has 354 valence electrons. The van der Waals surface area contributed by atoms with E-state index in [1.807, 2.05) is 60.0 Å². The van der Waals surface area contributed by atoms with Crippen LogP contribution in [0.15, 0.2) is 96.6 Å². The lowest BCUT2D eigenvalue weighted by atomic mass is 9.96. The quantitative estimate of drug-likeness (QED) is 0.0924. The maximum Gasteiger partial charge on any atom is 0.262 e. The molecule has 0 saturated carbocycles. The van der Waals surface area contributed by atoms with E-state index in [0.29, 0.717) is 62.2 Å². The molecule has 4 N–H and O–H groups in total. The number of nitrogens with zero attached hydrogens (tertiary/aromatic N) is 4. The number of carbonyl (C=O) groups excluding carboxylic acids is 7. The highest BCUT2D eigenvalue weighted by molar-refractivity contribution is 7.89. The molecule has 0 bridgehead atoms. The summed E-state index contributed by atoms with van der Waals surface area (Å²) in [6.45, 7) is 2.51. The highest BCUT2D eigenvalue weighted by Gasteiger charge is 2.44. The molecule has 19 nitrogen and oxygen atoms in total. The van der Waals surface area contributed by atoms with E-state index >= 15 is 0 Å². The number of piperidine rings is 2. The number of hydrogen-bond acceptors (Lipinski definition) is 14. The second kappa shape index (κ2) is 20.8. The molecule has 2 atom stereocenters. The number of nitrogens with one attached hydrogen (secondary N) is 4. The van der Waals surface area contributed by atoms with Crippen LogP contribution in [0.4, 0.5) is 5.13 Å². The highest BCUT2D eigenvalue weighted by Crippen LogP contribution is 2.31. The van der Waals surface area contributed by atoms with Gasteiger partial charge in [0.2, 0.25) is 27.7 Å². The summed E-state index contributed by atoms with van der Waals surface area (Å²) in [6.07, 6.45) is 4.87. The van der Waals surface area contributed by atoms with Crippen molar-refractivity contribution in [1.82, 2.24) is 34.7 Å². The minimum atomic E-state index is -3.63. The summed E-state index contributed by atoms with van der Waals surface area (Å²) in [5.41, 5.74) is 3.59. The van der Waals surface area contributed by atoms with E-state index in [0.717, 1.165) is 31.8 Å².